The van der Waals surface area contributed by atoms with Gasteiger partial charge in [0.2, 0.25) is 0 Å². The van der Waals surface area contributed by atoms with Gasteiger partial charge in [-0.2, -0.15) is 0 Å². The van der Waals surface area contributed by atoms with Crippen molar-refractivity contribution in [3.8, 4) is 27.7 Å². The van der Waals surface area contributed by atoms with E-state index in [2.05, 4.69) is 4.90 Å². The van der Waals surface area contributed by atoms with Gasteiger partial charge in [0, 0.05) is 32.6 Å². The molecule has 1 fully saturated rings. The number of ketones is 1. The number of thiophene rings is 1. The molecule has 0 aliphatic carbocycles. The normalized spacial score (nSPS) is 12.9. The molecule has 6 aromatic rings. The number of likely N-dealkylation sites (tertiary alicyclic amines) is 1. The van der Waals surface area contributed by atoms with E-state index in [1.807, 2.05) is 36.4 Å². The summed E-state index contributed by atoms with van der Waals surface area (Å²) in [6.07, 6.45) is 2.47. The highest BCUT2D eigenvalue weighted by Crippen LogP contribution is 2.42. The molecule has 0 N–H and O–H groups in total. The highest BCUT2D eigenvalue weighted by atomic mass is 32.1. The smallest absolute Gasteiger partial charge is 0.343 e. The fourth-order valence-corrected chi connectivity index (χ4v) is 7.12. The van der Waals surface area contributed by atoms with Crippen LogP contribution in [0.15, 0.2) is 127 Å². The third kappa shape index (κ3) is 7.46. The van der Waals surface area contributed by atoms with E-state index in [1.165, 1.54) is 24.2 Å². The van der Waals surface area contributed by atoms with Gasteiger partial charge in [-0.25, -0.2) is 9.59 Å². The number of fused-ring (bicyclic) bond motifs is 1. The second kappa shape index (κ2) is 14.7. The number of hydrogen-bond donors (Lipinski definition) is 0. The van der Waals surface area contributed by atoms with Gasteiger partial charge in [-0.1, -0.05) is 48.5 Å². The molecule has 0 unspecified atom stereocenters. The van der Waals surface area contributed by atoms with Crippen LogP contribution in [0.25, 0.3) is 20.5 Å². The number of esters is 2. The van der Waals surface area contributed by atoms with E-state index in [1.54, 1.807) is 91.0 Å². The predicted octanol–water partition coefficient (Wildman–Crippen LogP) is 8.71. The van der Waals surface area contributed by atoms with Crippen molar-refractivity contribution >= 4 is 39.1 Å². The largest absolute Gasteiger partial charge is 0.492 e. The molecule has 7 nitrogen and oxygen atoms in total. The Morgan fingerprint density at radius 3 is 1.88 bits per heavy atom. The average Bonchev–Trinajstić information content (AvgIpc) is 3.80. The number of ether oxygens (including phenoxy) is 3. The summed E-state index contributed by atoms with van der Waals surface area (Å²) in [5.41, 5.74) is 2.62. The van der Waals surface area contributed by atoms with Gasteiger partial charge < -0.3 is 14.2 Å². The number of carbonyl (C=O) groups excluding carboxylic acids is 3. The Hall–Kier alpha value is -5.57. The molecule has 0 bridgehead atoms. The zero-order chi connectivity index (χ0) is 33.6. The Morgan fingerprint density at radius 2 is 1.22 bits per heavy atom. The van der Waals surface area contributed by atoms with Crippen LogP contribution in [0.3, 0.4) is 0 Å². The molecule has 0 spiro atoms. The molecular weight excluding hydrogens is 635 g/mol. The van der Waals surface area contributed by atoms with Crippen LogP contribution in [-0.2, 0) is 0 Å². The minimum atomic E-state index is -0.474. The van der Waals surface area contributed by atoms with Crippen LogP contribution >= 0.6 is 11.3 Å². The zero-order valence-electron chi connectivity index (χ0n) is 26.7. The fraction of sp³-hybridized carbons (Fsp3) is 0.146. The molecular formula is C41H33NO6S. The highest BCUT2D eigenvalue weighted by Gasteiger charge is 2.23. The molecule has 0 amide bonds. The maximum atomic E-state index is 14.3. The Bertz CT molecular complexity index is 2100. The Kier molecular flexibility index (Phi) is 9.59. The summed E-state index contributed by atoms with van der Waals surface area (Å²) in [7, 11) is 0. The summed E-state index contributed by atoms with van der Waals surface area (Å²) in [6.45, 7) is 3.70. The minimum absolute atomic E-state index is 0.161. The first-order chi connectivity index (χ1) is 24.0. The lowest BCUT2D eigenvalue weighted by molar-refractivity contribution is 0.0725. The van der Waals surface area contributed by atoms with Crippen molar-refractivity contribution in [2.24, 2.45) is 0 Å². The van der Waals surface area contributed by atoms with E-state index < -0.39 is 11.9 Å². The summed E-state index contributed by atoms with van der Waals surface area (Å²) >= 11 is 1.41. The molecule has 244 valence electrons. The molecule has 0 saturated carbocycles. The van der Waals surface area contributed by atoms with Gasteiger partial charge in [0.15, 0.2) is 5.78 Å². The fourth-order valence-electron chi connectivity index (χ4n) is 5.90. The number of rotatable bonds is 11. The van der Waals surface area contributed by atoms with Crippen LogP contribution in [-0.4, -0.2) is 48.9 Å². The summed E-state index contributed by atoms with van der Waals surface area (Å²) in [5.74, 6) is 0.334. The van der Waals surface area contributed by atoms with Gasteiger partial charge in [-0.05, 0) is 110 Å². The van der Waals surface area contributed by atoms with Crippen molar-refractivity contribution < 1.29 is 28.6 Å². The quantitative estimate of drug-likeness (QED) is 0.0777. The van der Waals surface area contributed by atoms with Gasteiger partial charge >= 0.3 is 11.9 Å². The van der Waals surface area contributed by atoms with Crippen molar-refractivity contribution in [2.45, 2.75) is 12.8 Å². The summed E-state index contributed by atoms with van der Waals surface area (Å²) in [5, 5.41) is 0.724. The lowest BCUT2D eigenvalue weighted by atomic mass is 9.97. The van der Waals surface area contributed by atoms with Crippen molar-refractivity contribution in [1.82, 2.24) is 4.90 Å². The van der Waals surface area contributed by atoms with Crippen molar-refractivity contribution in [3.05, 3.63) is 150 Å². The summed E-state index contributed by atoms with van der Waals surface area (Å²) in [6, 6.07) is 37.2. The summed E-state index contributed by atoms with van der Waals surface area (Å²) < 4.78 is 18.2. The first-order valence-corrected chi connectivity index (χ1v) is 17.0. The number of nitrogens with zero attached hydrogens (tertiary/aromatic N) is 1. The molecule has 1 aliphatic heterocycles. The summed E-state index contributed by atoms with van der Waals surface area (Å²) in [4.78, 5) is 43.0. The first kappa shape index (κ1) is 32.0. The first-order valence-electron chi connectivity index (χ1n) is 16.2. The molecule has 2 heterocycles. The molecule has 1 saturated heterocycles. The van der Waals surface area contributed by atoms with Gasteiger partial charge in [0.25, 0.3) is 0 Å². The monoisotopic (exact) mass is 667 g/mol. The number of carbonyl (C=O) groups is 3. The molecule has 49 heavy (non-hydrogen) atoms. The van der Waals surface area contributed by atoms with Gasteiger partial charge in [0.05, 0.1) is 11.1 Å². The second-order valence-corrected chi connectivity index (χ2v) is 12.8. The van der Waals surface area contributed by atoms with Crippen molar-refractivity contribution in [1.29, 1.82) is 0 Å². The molecule has 0 radical (unpaired) electrons. The SMILES string of the molecule is O=C(Oc1cccc(-c2sc3cc(OC(=O)c4ccccc4)ccc3c2C(=O)c2ccc(OCCN3CCCC3)cc2)c1)c1ccccc1. The Morgan fingerprint density at radius 1 is 0.612 bits per heavy atom. The second-order valence-electron chi connectivity index (χ2n) is 11.8. The molecule has 1 aliphatic rings. The molecule has 8 heteroatoms. The van der Waals surface area contributed by atoms with E-state index in [0.717, 1.165) is 29.7 Å². The van der Waals surface area contributed by atoms with E-state index in [-0.39, 0.29) is 5.78 Å². The van der Waals surface area contributed by atoms with E-state index in [4.69, 9.17) is 14.2 Å². The standard InChI is InChI=1S/C41H33NO6S/c43-38(28-16-18-32(19-17-28)46-25-24-42-22-7-8-23-42)37-35-21-20-34(48-41(45)30-12-5-2-6-13-30)27-36(35)49-39(37)31-14-9-15-33(26-31)47-40(44)29-10-3-1-4-11-29/h1-6,9-21,26-27H,7-8,22-25H2. The lowest BCUT2D eigenvalue weighted by Gasteiger charge is -2.15. The average molecular weight is 668 g/mol. The zero-order valence-corrected chi connectivity index (χ0v) is 27.5. The van der Waals surface area contributed by atoms with Gasteiger partial charge in [0.1, 0.15) is 23.9 Å². The van der Waals surface area contributed by atoms with Crippen LogP contribution in [0, 0.1) is 0 Å². The Balaban J connectivity index is 1.20. The van der Waals surface area contributed by atoms with Crippen LogP contribution < -0.4 is 14.2 Å². The van der Waals surface area contributed by atoms with Crippen LogP contribution in [0.2, 0.25) is 0 Å². The lowest BCUT2D eigenvalue weighted by Crippen LogP contribution is -2.25. The van der Waals surface area contributed by atoms with E-state index in [0.29, 0.717) is 56.5 Å². The molecule has 1 aromatic heterocycles. The minimum Gasteiger partial charge on any atom is -0.492 e. The number of benzene rings is 5. The molecule has 5 aromatic carbocycles. The third-order valence-electron chi connectivity index (χ3n) is 8.42. The van der Waals surface area contributed by atoms with E-state index in [9.17, 15) is 14.4 Å². The van der Waals surface area contributed by atoms with Gasteiger partial charge in [-0.3, -0.25) is 9.69 Å². The van der Waals surface area contributed by atoms with Crippen LogP contribution in [0.4, 0.5) is 0 Å². The Labute approximate surface area is 288 Å². The van der Waals surface area contributed by atoms with Crippen LogP contribution in [0.5, 0.6) is 17.2 Å². The molecule has 0 atom stereocenters. The maximum Gasteiger partial charge on any atom is 0.343 e. The highest BCUT2D eigenvalue weighted by molar-refractivity contribution is 7.22. The molecule has 7 rings (SSSR count). The van der Waals surface area contributed by atoms with E-state index >= 15 is 0 Å². The maximum absolute atomic E-state index is 14.3. The third-order valence-corrected chi connectivity index (χ3v) is 9.62. The number of hydrogen-bond acceptors (Lipinski definition) is 8. The topological polar surface area (TPSA) is 82.1 Å². The predicted molar refractivity (Wildman–Crippen MR) is 191 cm³/mol. The van der Waals surface area contributed by atoms with Crippen LogP contribution in [0.1, 0.15) is 49.5 Å². The van der Waals surface area contributed by atoms with Crippen molar-refractivity contribution in [2.75, 3.05) is 26.2 Å². The van der Waals surface area contributed by atoms with Crippen molar-refractivity contribution in [3.63, 3.8) is 0 Å². The van der Waals surface area contributed by atoms with Gasteiger partial charge in [-0.15, -0.1) is 11.3 Å².